The molecule has 2 aromatic carbocycles. The van der Waals surface area contributed by atoms with Gasteiger partial charge < -0.3 is 31.2 Å². The van der Waals surface area contributed by atoms with Crippen molar-refractivity contribution in [1.29, 1.82) is 0 Å². The van der Waals surface area contributed by atoms with Crippen LogP contribution in [0.25, 0.3) is 44.6 Å². The molecule has 2 saturated carbocycles. The number of hydrogen-bond acceptors (Lipinski definition) is 8. The number of anilines is 2. The van der Waals surface area contributed by atoms with Gasteiger partial charge in [-0.1, -0.05) is 54.9 Å². The smallest absolute Gasteiger partial charge is 0.255 e. The Balaban J connectivity index is 0.000000148. The molecule has 4 aliphatic rings. The summed E-state index contributed by atoms with van der Waals surface area (Å²) in [6.07, 6.45) is 4.55. The number of rotatable bonds is 6. The molecule has 0 atom stereocenters. The Morgan fingerprint density at radius 2 is 1.04 bits per heavy atom. The summed E-state index contributed by atoms with van der Waals surface area (Å²) >= 11 is 13.1. The molecule has 0 spiro atoms. The first-order chi connectivity index (χ1) is 24.9. The Morgan fingerprint density at radius 3 is 1.40 bits per heavy atom. The maximum Gasteiger partial charge on any atom is 0.255 e. The summed E-state index contributed by atoms with van der Waals surface area (Å²) in [6, 6.07) is 11.7. The normalized spacial score (nSPS) is 16.9. The van der Waals surface area contributed by atoms with Crippen molar-refractivity contribution in [2.24, 2.45) is 0 Å². The van der Waals surface area contributed by atoms with Gasteiger partial charge in [0, 0.05) is 33.6 Å². The number of benzene rings is 2. The number of hydrogen-bond donors (Lipinski definition) is 6. The average Bonchev–Trinajstić information content (AvgIpc) is 3.80. The molecular formula is C39H40Cl2N10O2. The Kier molecular flexibility index (Phi) is 8.19. The highest BCUT2D eigenvalue weighted by Gasteiger charge is 2.39. The van der Waals surface area contributed by atoms with Crippen molar-refractivity contribution in [2.75, 3.05) is 10.6 Å². The molecule has 53 heavy (non-hydrogen) atoms. The molecule has 6 N–H and O–H groups in total. The molecule has 2 aliphatic heterocycles. The number of H-pyrrole nitrogens is 2. The summed E-state index contributed by atoms with van der Waals surface area (Å²) in [5.41, 5.74) is 11.0. The molecule has 0 saturated heterocycles. The Hall–Kier alpha value is -5.20. The van der Waals surface area contributed by atoms with E-state index in [-0.39, 0.29) is 30.3 Å². The van der Waals surface area contributed by atoms with Crippen LogP contribution in [-0.2, 0) is 13.1 Å². The minimum Gasteiger partial charge on any atom is -0.363 e. The van der Waals surface area contributed by atoms with Crippen molar-refractivity contribution in [2.45, 2.75) is 85.0 Å². The fraction of sp³-hybridized carbons (Fsp3) is 0.333. The highest BCUT2D eigenvalue weighted by Crippen LogP contribution is 2.42. The fourth-order valence-electron chi connectivity index (χ4n) is 6.84. The van der Waals surface area contributed by atoms with E-state index >= 15 is 0 Å². The minimum atomic E-state index is -0.140. The van der Waals surface area contributed by atoms with Crippen LogP contribution in [0.2, 0.25) is 10.0 Å². The highest BCUT2D eigenvalue weighted by atomic mass is 35.5. The maximum atomic E-state index is 12.0. The van der Waals surface area contributed by atoms with Crippen molar-refractivity contribution in [1.82, 2.24) is 40.5 Å². The first-order valence-electron chi connectivity index (χ1n) is 17.4. The standard InChI is InChI=1S/2C19H18ClN5O.CH4/c2*1-9-17(25-19(2)6-7-19)24-15-10(4-3-5-11(15)22-9)16-14(20)13-12(23-16)8-21-18(13)26;/h2*3-5,23H,6-8H2,1-2H3,(H,21,26)(H,24,25);1H4. The third kappa shape index (κ3) is 6.03. The topological polar surface area (TPSA) is 165 Å². The second-order valence-corrected chi connectivity index (χ2v) is 15.5. The highest BCUT2D eigenvalue weighted by molar-refractivity contribution is 6.38. The number of nitrogens with one attached hydrogen (secondary N) is 6. The summed E-state index contributed by atoms with van der Waals surface area (Å²) in [5, 5.41) is 13.5. The van der Waals surface area contributed by atoms with Crippen LogP contribution in [-0.4, -0.2) is 52.8 Å². The zero-order chi connectivity index (χ0) is 36.1. The number of aromatic nitrogens is 6. The van der Waals surface area contributed by atoms with Gasteiger partial charge in [0.25, 0.3) is 11.8 Å². The molecule has 4 aromatic heterocycles. The molecule has 6 heterocycles. The van der Waals surface area contributed by atoms with E-state index in [4.69, 9.17) is 43.1 Å². The van der Waals surface area contributed by atoms with E-state index in [1.54, 1.807) is 0 Å². The zero-order valence-corrected chi connectivity index (χ0v) is 30.6. The Bertz CT molecular complexity index is 2340. The number of carbonyl (C=O) groups excluding carboxylic acids is 2. The average molecular weight is 752 g/mol. The first kappa shape index (κ1) is 34.9. The summed E-state index contributed by atoms with van der Waals surface area (Å²) in [5.74, 6) is 1.33. The molecule has 0 bridgehead atoms. The van der Waals surface area contributed by atoms with Crippen LogP contribution in [0, 0.1) is 13.8 Å². The number of halogens is 2. The van der Waals surface area contributed by atoms with Crippen LogP contribution in [0.4, 0.5) is 11.6 Å². The third-order valence-electron chi connectivity index (χ3n) is 10.5. The van der Waals surface area contributed by atoms with E-state index in [1.807, 2.05) is 50.2 Å². The van der Waals surface area contributed by atoms with Crippen LogP contribution in [0.3, 0.4) is 0 Å². The van der Waals surface area contributed by atoms with Crippen molar-refractivity contribution >= 4 is 68.7 Å². The van der Waals surface area contributed by atoms with Gasteiger partial charge in [0.2, 0.25) is 0 Å². The van der Waals surface area contributed by atoms with Crippen LogP contribution in [0.1, 0.15) is 90.4 Å². The molecule has 12 nitrogen and oxygen atoms in total. The monoisotopic (exact) mass is 750 g/mol. The number of para-hydroxylation sites is 2. The Morgan fingerprint density at radius 1 is 0.642 bits per heavy atom. The lowest BCUT2D eigenvalue weighted by atomic mass is 10.1. The van der Waals surface area contributed by atoms with Crippen molar-refractivity contribution in [3.8, 4) is 22.5 Å². The summed E-state index contributed by atoms with van der Waals surface area (Å²) in [7, 11) is 0. The largest absolute Gasteiger partial charge is 0.363 e. The molecule has 2 fully saturated rings. The van der Waals surface area contributed by atoms with Crippen molar-refractivity contribution < 1.29 is 9.59 Å². The number of aromatic amines is 2. The lowest BCUT2D eigenvalue weighted by Gasteiger charge is -2.15. The van der Waals surface area contributed by atoms with Gasteiger partial charge in [-0.2, -0.15) is 0 Å². The number of fused-ring (bicyclic) bond motifs is 4. The molecule has 0 unspecified atom stereocenters. The predicted molar refractivity (Wildman–Crippen MR) is 210 cm³/mol. The van der Waals surface area contributed by atoms with Crippen LogP contribution in [0.5, 0.6) is 0 Å². The molecular weight excluding hydrogens is 711 g/mol. The second-order valence-electron chi connectivity index (χ2n) is 14.7. The van der Waals surface area contributed by atoms with Gasteiger partial charge in [0.1, 0.15) is 22.7 Å². The van der Waals surface area contributed by atoms with Crippen LogP contribution < -0.4 is 21.3 Å². The summed E-state index contributed by atoms with van der Waals surface area (Å²) in [6.45, 7) is 9.25. The maximum absolute atomic E-state index is 12.0. The second kappa shape index (κ2) is 12.4. The van der Waals surface area contributed by atoms with Gasteiger partial charge in [0.05, 0.1) is 68.1 Å². The van der Waals surface area contributed by atoms with E-state index in [0.29, 0.717) is 34.3 Å². The van der Waals surface area contributed by atoms with Gasteiger partial charge in [0.15, 0.2) is 0 Å². The molecule has 14 heteroatoms. The molecule has 10 rings (SSSR count). The van der Waals surface area contributed by atoms with Crippen molar-refractivity contribution in [3.05, 3.63) is 80.3 Å². The molecule has 272 valence electrons. The fourth-order valence-corrected chi connectivity index (χ4v) is 7.54. The molecule has 2 aliphatic carbocycles. The number of carbonyl (C=O) groups is 2. The van der Waals surface area contributed by atoms with E-state index in [0.717, 1.165) is 105 Å². The van der Waals surface area contributed by atoms with E-state index in [2.05, 4.69) is 45.1 Å². The van der Waals surface area contributed by atoms with Gasteiger partial charge >= 0.3 is 0 Å². The van der Waals surface area contributed by atoms with E-state index in [1.165, 1.54) is 0 Å². The lowest BCUT2D eigenvalue weighted by molar-refractivity contribution is 0.0957. The zero-order valence-electron chi connectivity index (χ0n) is 29.1. The van der Waals surface area contributed by atoms with Crippen LogP contribution in [0.15, 0.2) is 36.4 Å². The number of aryl methyl sites for hydroxylation is 2. The third-order valence-corrected chi connectivity index (χ3v) is 11.2. The molecule has 6 aromatic rings. The van der Waals surface area contributed by atoms with Gasteiger partial charge in [-0.3, -0.25) is 9.59 Å². The number of nitrogens with zero attached hydrogens (tertiary/aromatic N) is 4. The van der Waals surface area contributed by atoms with E-state index < -0.39 is 0 Å². The summed E-state index contributed by atoms with van der Waals surface area (Å²) in [4.78, 5) is 49.8. The molecule has 0 radical (unpaired) electrons. The predicted octanol–water partition coefficient (Wildman–Crippen LogP) is 8.23. The minimum absolute atomic E-state index is 0. The summed E-state index contributed by atoms with van der Waals surface area (Å²) < 4.78 is 0. The van der Waals surface area contributed by atoms with E-state index in [9.17, 15) is 9.59 Å². The van der Waals surface area contributed by atoms with Gasteiger partial charge in [-0.15, -0.1) is 0 Å². The first-order valence-corrected chi connectivity index (χ1v) is 18.1. The number of amides is 2. The lowest BCUT2D eigenvalue weighted by Crippen LogP contribution is -2.18. The van der Waals surface area contributed by atoms with Crippen LogP contribution >= 0.6 is 23.2 Å². The Labute approximate surface area is 316 Å². The van der Waals surface area contributed by atoms with Gasteiger partial charge in [-0.05, 0) is 65.5 Å². The van der Waals surface area contributed by atoms with Crippen molar-refractivity contribution in [3.63, 3.8) is 0 Å². The SMILES string of the molecule is C.Cc1nc2cccc(-c3[nH]c4c(c3Cl)C(=O)NC4)c2nc1NC1(C)CC1.Cc1nc2cccc(-c3[nH]c4c(c3Cl)C(=O)NC4)c2nc1NC1(C)CC1. The van der Waals surface area contributed by atoms with Gasteiger partial charge in [-0.25, -0.2) is 19.9 Å². The molecule has 2 amide bonds. The quantitative estimate of drug-likeness (QED) is 0.0991.